The number of aromatic hydroxyl groups is 1. The van der Waals surface area contributed by atoms with Gasteiger partial charge in [0.15, 0.2) is 0 Å². The lowest BCUT2D eigenvalue weighted by Gasteiger charge is -2.04. The fourth-order valence-corrected chi connectivity index (χ4v) is 1.51. The molecule has 0 aromatic heterocycles. The summed E-state index contributed by atoms with van der Waals surface area (Å²) in [7, 11) is 0. The van der Waals surface area contributed by atoms with Gasteiger partial charge in [-0.1, -0.05) is 17.2 Å². The SMILES string of the molecule is CC(C)=CCCC(C)=CCOc1ccc(O)cc1. The van der Waals surface area contributed by atoms with Gasteiger partial charge in [-0.2, -0.15) is 0 Å². The van der Waals surface area contributed by atoms with Gasteiger partial charge in [0.1, 0.15) is 18.1 Å². The summed E-state index contributed by atoms with van der Waals surface area (Å²) in [5.74, 6) is 1.04. The number of allylic oxidation sites excluding steroid dienone is 3. The molecule has 1 N–H and O–H groups in total. The van der Waals surface area contributed by atoms with Crippen LogP contribution in [0.3, 0.4) is 0 Å². The van der Waals surface area contributed by atoms with Gasteiger partial charge >= 0.3 is 0 Å². The van der Waals surface area contributed by atoms with Gasteiger partial charge in [0.2, 0.25) is 0 Å². The molecule has 0 amide bonds. The molecule has 0 unspecified atom stereocenters. The number of benzene rings is 1. The summed E-state index contributed by atoms with van der Waals surface area (Å²) in [4.78, 5) is 0. The van der Waals surface area contributed by atoms with Gasteiger partial charge in [-0.25, -0.2) is 0 Å². The summed E-state index contributed by atoms with van der Waals surface area (Å²) < 4.78 is 5.56. The standard InChI is InChI=1S/C16H22O2/c1-13(2)5-4-6-14(3)11-12-18-16-9-7-15(17)8-10-16/h5,7-11,17H,4,6,12H2,1-3H3. The van der Waals surface area contributed by atoms with Crippen molar-refractivity contribution in [3.63, 3.8) is 0 Å². The minimum Gasteiger partial charge on any atom is -0.508 e. The van der Waals surface area contributed by atoms with Crippen molar-refractivity contribution in [2.45, 2.75) is 33.6 Å². The van der Waals surface area contributed by atoms with Crippen LogP contribution in [-0.4, -0.2) is 11.7 Å². The molecular weight excluding hydrogens is 224 g/mol. The summed E-state index contributed by atoms with van der Waals surface area (Å²) in [6, 6.07) is 6.78. The van der Waals surface area contributed by atoms with E-state index in [1.807, 2.05) is 0 Å². The highest BCUT2D eigenvalue weighted by Gasteiger charge is 1.93. The Morgan fingerprint density at radius 2 is 1.78 bits per heavy atom. The maximum absolute atomic E-state index is 9.14. The van der Waals surface area contributed by atoms with E-state index in [2.05, 4.69) is 32.9 Å². The Morgan fingerprint density at radius 1 is 1.11 bits per heavy atom. The Morgan fingerprint density at radius 3 is 2.39 bits per heavy atom. The molecule has 0 saturated heterocycles. The molecule has 0 aliphatic heterocycles. The van der Waals surface area contributed by atoms with E-state index in [1.54, 1.807) is 24.3 Å². The van der Waals surface area contributed by atoms with Gasteiger partial charge < -0.3 is 9.84 Å². The second kappa shape index (κ2) is 7.59. The average molecular weight is 246 g/mol. The fraction of sp³-hybridized carbons (Fsp3) is 0.375. The molecule has 0 fully saturated rings. The Bertz CT molecular complexity index is 409. The van der Waals surface area contributed by atoms with Crippen molar-refractivity contribution in [2.24, 2.45) is 0 Å². The fourth-order valence-electron chi connectivity index (χ4n) is 1.51. The van der Waals surface area contributed by atoms with E-state index >= 15 is 0 Å². The van der Waals surface area contributed by atoms with Crippen molar-refractivity contribution in [1.29, 1.82) is 0 Å². The lowest BCUT2D eigenvalue weighted by molar-refractivity contribution is 0.360. The number of rotatable bonds is 6. The van der Waals surface area contributed by atoms with Crippen LogP contribution in [0.25, 0.3) is 0 Å². The van der Waals surface area contributed by atoms with E-state index in [0.717, 1.165) is 18.6 Å². The van der Waals surface area contributed by atoms with E-state index in [1.165, 1.54) is 11.1 Å². The number of hydrogen-bond donors (Lipinski definition) is 1. The predicted octanol–water partition coefficient (Wildman–Crippen LogP) is 4.46. The average Bonchev–Trinajstić information content (AvgIpc) is 2.31. The second-order valence-corrected chi connectivity index (χ2v) is 4.68. The van der Waals surface area contributed by atoms with Crippen LogP contribution < -0.4 is 4.74 Å². The molecule has 0 aliphatic rings. The molecule has 1 aromatic carbocycles. The Balaban J connectivity index is 2.31. The van der Waals surface area contributed by atoms with E-state index < -0.39 is 0 Å². The first-order valence-corrected chi connectivity index (χ1v) is 6.29. The maximum atomic E-state index is 9.14. The molecule has 0 heterocycles. The van der Waals surface area contributed by atoms with Crippen LogP contribution in [0.4, 0.5) is 0 Å². The minimum atomic E-state index is 0.260. The van der Waals surface area contributed by atoms with Gasteiger partial charge in [-0.05, 0) is 64.0 Å². The first-order valence-electron chi connectivity index (χ1n) is 6.29. The van der Waals surface area contributed by atoms with Gasteiger partial charge in [-0.15, -0.1) is 0 Å². The van der Waals surface area contributed by atoms with Crippen LogP contribution in [0.15, 0.2) is 47.6 Å². The summed E-state index contributed by atoms with van der Waals surface area (Å²) >= 11 is 0. The molecule has 0 spiro atoms. The number of phenols is 1. The molecule has 1 aromatic rings. The molecule has 2 heteroatoms. The first kappa shape index (κ1) is 14.4. The number of ether oxygens (including phenoxy) is 1. The van der Waals surface area contributed by atoms with Crippen molar-refractivity contribution < 1.29 is 9.84 Å². The lowest BCUT2D eigenvalue weighted by Crippen LogP contribution is -1.94. The zero-order valence-corrected chi connectivity index (χ0v) is 11.4. The van der Waals surface area contributed by atoms with Crippen molar-refractivity contribution in [2.75, 3.05) is 6.61 Å². The normalized spacial score (nSPS) is 11.2. The van der Waals surface area contributed by atoms with Crippen LogP contribution in [0, 0.1) is 0 Å². The van der Waals surface area contributed by atoms with Crippen molar-refractivity contribution in [3.8, 4) is 11.5 Å². The molecular formula is C16H22O2. The summed E-state index contributed by atoms with van der Waals surface area (Å²) in [6.07, 6.45) is 6.51. The Hall–Kier alpha value is -1.70. The van der Waals surface area contributed by atoms with Gasteiger partial charge in [0.25, 0.3) is 0 Å². The zero-order valence-electron chi connectivity index (χ0n) is 11.4. The van der Waals surface area contributed by atoms with E-state index in [0.29, 0.717) is 6.61 Å². The van der Waals surface area contributed by atoms with Crippen LogP contribution in [0.2, 0.25) is 0 Å². The molecule has 0 aliphatic carbocycles. The first-order chi connectivity index (χ1) is 8.58. The third kappa shape index (κ3) is 6.14. The largest absolute Gasteiger partial charge is 0.508 e. The van der Waals surface area contributed by atoms with Crippen molar-refractivity contribution >= 4 is 0 Å². The smallest absolute Gasteiger partial charge is 0.120 e. The van der Waals surface area contributed by atoms with Crippen LogP contribution in [0.1, 0.15) is 33.6 Å². The van der Waals surface area contributed by atoms with Crippen molar-refractivity contribution in [3.05, 3.63) is 47.6 Å². The van der Waals surface area contributed by atoms with E-state index in [-0.39, 0.29) is 5.75 Å². The molecule has 2 nitrogen and oxygen atoms in total. The highest BCUT2D eigenvalue weighted by Crippen LogP contribution is 2.16. The summed E-state index contributed by atoms with van der Waals surface area (Å²) in [5, 5.41) is 9.14. The monoisotopic (exact) mass is 246 g/mol. The molecule has 0 atom stereocenters. The van der Waals surface area contributed by atoms with Gasteiger partial charge in [0, 0.05) is 0 Å². The molecule has 0 saturated carbocycles. The summed E-state index contributed by atoms with van der Waals surface area (Å²) in [6.45, 7) is 6.93. The third-order valence-corrected chi connectivity index (χ3v) is 2.61. The molecule has 18 heavy (non-hydrogen) atoms. The number of hydrogen-bond acceptors (Lipinski definition) is 2. The third-order valence-electron chi connectivity index (χ3n) is 2.61. The van der Waals surface area contributed by atoms with Crippen molar-refractivity contribution in [1.82, 2.24) is 0 Å². The Kier molecular flexibility index (Phi) is 6.06. The lowest BCUT2D eigenvalue weighted by atomic mass is 10.1. The van der Waals surface area contributed by atoms with Gasteiger partial charge in [0.05, 0.1) is 0 Å². The second-order valence-electron chi connectivity index (χ2n) is 4.68. The molecule has 98 valence electrons. The molecule has 1 rings (SSSR count). The van der Waals surface area contributed by atoms with Gasteiger partial charge in [-0.3, -0.25) is 0 Å². The predicted molar refractivity (Wildman–Crippen MR) is 76.0 cm³/mol. The quantitative estimate of drug-likeness (QED) is 0.751. The Labute approximate surface area is 110 Å². The van der Waals surface area contributed by atoms with Crippen LogP contribution in [-0.2, 0) is 0 Å². The highest BCUT2D eigenvalue weighted by molar-refractivity contribution is 5.30. The maximum Gasteiger partial charge on any atom is 0.120 e. The number of phenolic OH excluding ortho intramolecular Hbond substituents is 1. The van der Waals surface area contributed by atoms with E-state index in [4.69, 9.17) is 9.84 Å². The molecule has 0 radical (unpaired) electrons. The minimum absolute atomic E-state index is 0.260. The topological polar surface area (TPSA) is 29.5 Å². The van der Waals surface area contributed by atoms with Crippen LogP contribution in [0.5, 0.6) is 11.5 Å². The van der Waals surface area contributed by atoms with E-state index in [9.17, 15) is 0 Å². The molecule has 0 bridgehead atoms. The highest BCUT2D eigenvalue weighted by atomic mass is 16.5. The zero-order chi connectivity index (χ0) is 13.4. The van der Waals surface area contributed by atoms with Crippen LogP contribution >= 0.6 is 0 Å². The summed E-state index contributed by atoms with van der Waals surface area (Å²) in [5.41, 5.74) is 2.70.